The van der Waals surface area contributed by atoms with Crippen LogP contribution in [0, 0.1) is 23.0 Å². The monoisotopic (exact) mass is 234 g/mol. The molecule has 0 aromatic heterocycles. The van der Waals surface area contributed by atoms with E-state index in [0.717, 1.165) is 0 Å². The molecule has 0 fully saturated rings. The SMILES string of the molecule is C=CCN(CC=C)c1ccc(C#N)c(F)c1F. The Morgan fingerprint density at radius 1 is 1.18 bits per heavy atom. The molecular weight excluding hydrogens is 222 g/mol. The lowest BCUT2D eigenvalue weighted by Crippen LogP contribution is -2.24. The maximum atomic E-state index is 13.7. The highest BCUT2D eigenvalue weighted by molar-refractivity contribution is 5.52. The van der Waals surface area contributed by atoms with Crippen LogP contribution in [0.4, 0.5) is 14.5 Å². The van der Waals surface area contributed by atoms with Gasteiger partial charge in [0.1, 0.15) is 6.07 Å². The van der Waals surface area contributed by atoms with E-state index in [1.807, 2.05) is 0 Å². The molecule has 0 radical (unpaired) electrons. The van der Waals surface area contributed by atoms with Gasteiger partial charge in [-0.3, -0.25) is 0 Å². The van der Waals surface area contributed by atoms with E-state index in [1.165, 1.54) is 12.1 Å². The first kappa shape index (κ1) is 12.9. The van der Waals surface area contributed by atoms with E-state index in [-0.39, 0.29) is 11.3 Å². The summed E-state index contributed by atoms with van der Waals surface area (Å²) in [7, 11) is 0. The fourth-order valence-electron chi connectivity index (χ4n) is 1.45. The Kier molecular flexibility index (Phi) is 4.41. The first-order valence-electron chi connectivity index (χ1n) is 5.00. The van der Waals surface area contributed by atoms with Gasteiger partial charge < -0.3 is 4.90 Å². The van der Waals surface area contributed by atoms with Crippen LogP contribution >= 0.6 is 0 Å². The Labute approximate surface area is 99.1 Å². The van der Waals surface area contributed by atoms with Crippen LogP contribution in [0.5, 0.6) is 0 Å². The lowest BCUT2D eigenvalue weighted by atomic mass is 10.2. The molecule has 17 heavy (non-hydrogen) atoms. The van der Waals surface area contributed by atoms with E-state index in [9.17, 15) is 8.78 Å². The van der Waals surface area contributed by atoms with E-state index in [4.69, 9.17) is 5.26 Å². The number of rotatable bonds is 5. The quantitative estimate of drug-likeness (QED) is 0.732. The van der Waals surface area contributed by atoms with Crippen LogP contribution in [-0.2, 0) is 0 Å². The molecule has 2 nitrogen and oxygen atoms in total. The second kappa shape index (κ2) is 5.80. The van der Waals surface area contributed by atoms with Gasteiger partial charge in [0.15, 0.2) is 11.6 Å². The summed E-state index contributed by atoms with van der Waals surface area (Å²) in [6, 6.07) is 4.23. The second-order valence-corrected chi connectivity index (χ2v) is 3.35. The normalized spacial score (nSPS) is 9.47. The molecule has 0 bridgehead atoms. The summed E-state index contributed by atoms with van der Waals surface area (Å²) in [5.74, 6) is -2.14. The summed E-state index contributed by atoms with van der Waals surface area (Å²) >= 11 is 0. The molecule has 0 saturated carbocycles. The highest BCUT2D eigenvalue weighted by Gasteiger charge is 2.16. The van der Waals surface area contributed by atoms with E-state index >= 15 is 0 Å². The van der Waals surface area contributed by atoms with Gasteiger partial charge in [-0.2, -0.15) is 5.26 Å². The predicted molar refractivity (Wildman–Crippen MR) is 63.7 cm³/mol. The zero-order valence-corrected chi connectivity index (χ0v) is 9.29. The molecule has 1 aromatic carbocycles. The largest absolute Gasteiger partial charge is 0.362 e. The van der Waals surface area contributed by atoms with Crippen LogP contribution in [0.3, 0.4) is 0 Å². The van der Waals surface area contributed by atoms with E-state index in [1.54, 1.807) is 23.1 Å². The third-order valence-electron chi connectivity index (χ3n) is 2.22. The second-order valence-electron chi connectivity index (χ2n) is 3.35. The summed E-state index contributed by atoms with van der Waals surface area (Å²) in [6.07, 6.45) is 3.16. The molecule has 0 atom stereocenters. The van der Waals surface area contributed by atoms with Gasteiger partial charge in [-0.05, 0) is 12.1 Å². The number of hydrogen-bond acceptors (Lipinski definition) is 2. The average molecular weight is 234 g/mol. The van der Waals surface area contributed by atoms with Crippen LogP contribution in [0.2, 0.25) is 0 Å². The van der Waals surface area contributed by atoms with Gasteiger partial charge in [0, 0.05) is 13.1 Å². The molecule has 1 rings (SSSR count). The van der Waals surface area contributed by atoms with Crippen molar-refractivity contribution < 1.29 is 8.78 Å². The predicted octanol–water partition coefficient (Wildman–Crippen LogP) is 3.01. The minimum absolute atomic E-state index is 0.0984. The van der Waals surface area contributed by atoms with E-state index in [2.05, 4.69) is 13.2 Å². The number of halogens is 2. The molecule has 0 spiro atoms. The molecule has 4 heteroatoms. The van der Waals surface area contributed by atoms with Crippen molar-refractivity contribution in [3.63, 3.8) is 0 Å². The Balaban J connectivity index is 3.21. The van der Waals surface area contributed by atoms with Gasteiger partial charge in [0.25, 0.3) is 0 Å². The Bertz CT molecular complexity index is 465. The average Bonchev–Trinajstić information content (AvgIpc) is 2.32. The van der Waals surface area contributed by atoms with Crippen molar-refractivity contribution in [2.75, 3.05) is 18.0 Å². The van der Waals surface area contributed by atoms with E-state index in [0.29, 0.717) is 13.1 Å². The number of nitrogens with zero attached hydrogens (tertiary/aromatic N) is 2. The van der Waals surface area contributed by atoms with Crippen molar-refractivity contribution in [2.24, 2.45) is 0 Å². The van der Waals surface area contributed by atoms with Gasteiger partial charge in [0.2, 0.25) is 0 Å². The van der Waals surface area contributed by atoms with Crippen molar-refractivity contribution >= 4 is 5.69 Å². The molecule has 0 amide bonds. The molecule has 88 valence electrons. The number of nitriles is 1. The Hall–Kier alpha value is -2.15. The van der Waals surface area contributed by atoms with Crippen LogP contribution in [0.25, 0.3) is 0 Å². The number of hydrogen-bond donors (Lipinski definition) is 0. The minimum Gasteiger partial charge on any atom is -0.362 e. The van der Waals surface area contributed by atoms with Crippen molar-refractivity contribution in [3.8, 4) is 6.07 Å². The maximum Gasteiger partial charge on any atom is 0.183 e. The van der Waals surface area contributed by atoms with Crippen molar-refractivity contribution in [1.82, 2.24) is 0 Å². The topological polar surface area (TPSA) is 27.0 Å². The summed E-state index contributed by atoms with van der Waals surface area (Å²) in [5, 5.41) is 8.58. The molecule has 1 aromatic rings. The highest BCUT2D eigenvalue weighted by atomic mass is 19.2. The molecule has 0 N–H and O–H groups in total. The minimum atomic E-state index is -1.12. The zero-order valence-electron chi connectivity index (χ0n) is 9.29. The van der Waals surface area contributed by atoms with Crippen molar-refractivity contribution in [3.05, 3.63) is 54.6 Å². The van der Waals surface area contributed by atoms with Gasteiger partial charge >= 0.3 is 0 Å². The standard InChI is InChI=1S/C13H12F2N2/c1-3-7-17(8-4-2)11-6-5-10(9-16)12(14)13(11)15/h3-6H,1-2,7-8H2. The van der Waals surface area contributed by atoms with Crippen LogP contribution < -0.4 is 4.90 Å². The number of benzene rings is 1. The van der Waals surface area contributed by atoms with Crippen molar-refractivity contribution in [1.29, 1.82) is 5.26 Å². The smallest absolute Gasteiger partial charge is 0.183 e. The van der Waals surface area contributed by atoms with E-state index < -0.39 is 11.6 Å². The maximum absolute atomic E-state index is 13.7. The molecule has 0 aliphatic carbocycles. The Morgan fingerprint density at radius 2 is 1.76 bits per heavy atom. The fraction of sp³-hybridized carbons (Fsp3) is 0.154. The third kappa shape index (κ3) is 2.70. The lowest BCUT2D eigenvalue weighted by Gasteiger charge is -2.22. The fourth-order valence-corrected chi connectivity index (χ4v) is 1.45. The summed E-state index contributed by atoms with van der Waals surface area (Å²) in [4.78, 5) is 1.57. The summed E-state index contributed by atoms with van der Waals surface area (Å²) < 4.78 is 27.1. The molecule has 0 aliphatic heterocycles. The van der Waals surface area contributed by atoms with Gasteiger partial charge in [-0.25, -0.2) is 8.78 Å². The lowest BCUT2D eigenvalue weighted by molar-refractivity contribution is 0.505. The van der Waals surface area contributed by atoms with Crippen LogP contribution in [0.15, 0.2) is 37.4 Å². The third-order valence-corrected chi connectivity index (χ3v) is 2.22. The van der Waals surface area contributed by atoms with Gasteiger partial charge in [0.05, 0.1) is 11.3 Å². The van der Waals surface area contributed by atoms with Crippen molar-refractivity contribution in [2.45, 2.75) is 0 Å². The molecule has 0 unspecified atom stereocenters. The molecule has 0 heterocycles. The van der Waals surface area contributed by atoms with Crippen LogP contribution in [-0.4, -0.2) is 13.1 Å². The molecular formula is C13H12F2N2. The van der Waals surface area contributed by atoms with Gasteiger partial charge in [-0.15, -0.1) is 13.2 Å². The first-order chi connectivity index (χ1) is 8.15. The summed E-state index contributed by atoms with van der Waals surface area (Å²) in [5.41, 5.74) is -0.204. The Morgan fingerprint density at radius 3 is 2.24 bits per heavy atom. The summed E-state index contributed by atoms with van der Waals surface area (Å²) in [6.45, 7) is 7.84. The molecule has 0 saturated heterocycles. The number of anilines is 1. The van der Waals surface area contributed by atoms with Gasteiger partial charge in [-0.1, -0.05) is 12.2 Å². The molecule has 0 aliphatic rings. The van der Waals surface area contributed by atoms with Crippen LogP contribution in [0.1, 0.15) is 5.56 Å². The highest BCUT2D eigenvalue weighted by Crippen LogP contribution is 2.23. The first-order valence-corrected chi connectivity index (χ1v) is 5.00. The zero-order chi connectivity index (χ0) is 12.8.